The van der Waals surface area contributed by atoms with E-state index in [4.69, 9.17) is 21.3 Å². The van der Waals surface area contributed by atoms with Crippen LogP contribution in [0.15, 0.2) is 61.2 Å². The molecule has 164 valence electrons. The van der Waals surface area contributed by atoms with Gasteiger partial charge in [0.05, 0.1) is 17.8 Å². The van der Waals surface area contributed by atoms with E-state index in [2.05, 4.69) is 44.0 Å². The maximum absolute atomic E-state index is 6.36. The molecule has 1 atom stereocenters. The van der Waals surface area contributed by atoms with E-state index in [-0.39, 0.29) is 0 Å². The fourth-order valence-corrected chi connectivity index (χ4v) is 4.55. The van der Waals surface area contributed by atoms with Crippen molar-refractivity contribution in [2.45, 2.75) is 25.9 Å². The number of pyridine rings is 2. The lowest BCUT2D eigenvalue weighted by atomic mass is 10.1. The summed E-state index contributed by atoms with van der Waals surface area (Å²) in [7, 11) is 1.63. The van der Waals surface area contributed by atoms with Gasteiger partial charge in [0.25, 0.3) is 0 Å². The summed E-state index contributed by atoms with van der Waals surface area (Å²) in [5.41, 5.74) is 6.34. The standard InChI is InChI=1S/C25H26ClN5O/c1-17-10-24(32-2)22(26)12-21(17)23-16-31-9-6-20(11-25(31)29-23)30-8-5-19(15-30)28-14-18-4-3-7-27-13-18/h3-4,6-7,9-13,16,19,28H,5,8,14-15H2,1-2H3. The number of hydrogen-bond acceptors (Lipinski definition) is 5. The molecule has 1 saturated heterocycles. The van der Waals surface area contributed by atoms with Gasteiger partial charge in [-0.2, -0.15) is 0 Å². The molecule has 5 rings (SSSR count). The van der Waals surface area contributed by atoms with Crippen molar-refractivity contribution in [3.05, 3.63) is 77.3 Å². The van der Waals surface area contributed by atoms with E-state index in [1.54, 1.807) is 7.11 Å². The largest absolute Gasteiger partial charge is 0.495 e. The molecule has 1 aliphatic heterocycles. The van der Waals surface area contributed by atoms with Gasteiger partial charge in [-0.1, -0.05) is 17.7 Å². The Morgan fingerprint density at radius 1 is 1.25 bits per heavy atom. The second-order valence-electron chi connectivity index (χ2n) is 8.25. The number of nitrogens with one attached hydrogen (secondary N) is 1. The number of anilines is 1. The second-order valence-corrected chi connectivity index (χ2v) is 8.66. The minimum Gasteiger partial charge on any atom is -0.495 e. The summed E-state index contributed by atoms with van der Waals surface area (Å²) >= 11 is 6.36. The zero-order valence-corrected chi connectivity index (χ0v) is 19.0. The van der Waals surface area contributed by atoms with Crippen LogP contribution in [0.3, 0.4) is 0 Å². The van der Waals surface area contributed by atoms with Crippen molar-refractivity contribution in [3.63, 3.8) is 0 Å². The molecule has 1 aromatic carbocycles. The third-order valence-corrected chi connectivity index (χ3v) is 6.38. The van der Waals surface area contributed by atoms with Gasteiger partial charge >= 0.3 is 0 Å². The van der Waals surface area contributed by atoms with Crippen LogP contribution in [0, 0.1) is 6.92 Å². The van der Waals surface area contributed by atoms with Crippen LogP contribution < -0.4 is 15.0 Å². The summed E-state index contributed by atoms with van der Waals surface area (Å²) in [6.07, 6.45) is 8.98. The average Bonchev–Trinajstić information content (AvgIpc) is 3.46. The molecule has 0 aliphatic carbocycles. The number of hydrogen-bond donors (Lipinski definition) is 1. The first-order chi connectivity index (χ1) is 15.6. The van der Waals surface area contributed by atoms with Crippen LogP contribution >= 0.6 is 11.6 Å². The Hall–Kier alpha value is -3.09. The van der Waals surface area contributed by atoms with Crippen LogP contribution in [0.4, 0.5) is 5.69 Å². The molecule has 1 fully saturated rings. The van der Waals surface area contributed by atoms with Crippen LogP contribution in [-0.2, 0) is 6.54 Å². The summed E-state index contributed by atoms with van der Waals surface area (Å²) in [4.78, 5) is 11.5. The van der Waals surface area contributed by atoms with Crippen LogP contribution in [0.5, 0.6) is 5.75 Å². The van der Waals surface area contributed by atoms with Gasteiger partial charge in [-0.15, -0.1) is 0 Å². The van der Waals surface area contributed by atoms with Crippen LogP contribution in [0.2, 0.25) is 5.02 Å². The van der Waals surface area contributed by atoms with E-state index >= 15 is 0 Å². The van der Waals surface area contributed by atoms with Gasteiger partial charge in [-0.25, -0.2) is 4.98 Å². The number of fused-ring (bicyclic) bond motifs is 1. The molecule has 4 heterocycles. The lowest BCUT2D eigenvalue weighted by Crippen LogP contribution is -2.32. The Balaban J connectivity index is 1.32. The van der Waals surface area contributed by atoms with Gasteiger partial charge in [0.2, 0.25) is 0 Å². The maximum atomic E-state index is 6.36. The van der Waals surface area contributed by atoms with Crippen molar-refractivity contribution < 1.29 is 4.74 Å². The number of aryl methyl sites for hydroxylation is 1. The van der Waals surface area contributed by atoms with Gasteiger partial charge in [0.15, 0.2) is 0 Å². The summed E-state index contributed by atoms with van der Waals surface area (Å²) in [5, 5.41) is 4.25. The Kier molecular flexibility index (Phi) is 5.72. The Morgan fingerprint density at radius 2 is 2.16 bits per heavy atom. The predicted molar refractivity (Wildman–Crippen MR) is 129 cm³/mol. The fraction of sp³-hybridized carbons (Fsp3) is 0.280. The first kappa shape index (κ1) is 20.8. The van der Waals surface area contributed by atoms with E-state index in [1.165, 1.54) is 11.3 Å². The van der Waals surface area contributed by atoms with Gasteiger partial charge in [0.1, 0.15) is 11.4 Å². The number of rotatable bonds is 6. The zero-order valence-electron chi connectivity index (χ0n) is 18.3. The summed E-state index contributed by atoms with van der Waals surface area (Å²) < 4.78 is 7.39. The topological polar surface area (TPSA) is 54.7 Å². The molecule has 3 aromatic heterocycles. The Bertz CT molecular complexity index is 1240. The molecule has 0 saturated carbocycles. The highest BCUT2D eigenvalue weighted by atomic mass is 35.5. The fourth-order valence-electron chi connectivity index (χ4n) is 4.31. The van der Waals surface area contributed by atoms with E-state index in [9.17, 15) is 0 Å². The number of benzene rings is 1. The minimum absolute atomic E-state index is 0.464. The predicted octanol–water partition coefficient (Wildman–Crippen LogP) is 4.74. The Labute approximate surface area is 192 Å². The number of halogens is 1. The molecule has 6 nitrogen and oxygen atoms in total. The van der Waals surface area contributed by atoms with Gasteiger partial charge < -0.3 is 19.4 Å². The smallest absolute Gasteiger partial charge is 0.139 e. The van der Waals surface area contributed by atoms with E-state index < -0.39 is 0 Å². The monoisotopic (exact) mass is 447 g/mol. The minimum atomic E-state index is 0.464. The van der Waals surface area contributed by atoms with Crippen molar-refractivity contribution in [3.8, 4) is 17.0 Å². The molecule has 0 spiro atoms. The zero-order chi connectivity index (χ0) is 22.1. The van der Waals surface area contributed by atoms with Crippen molar-refractivity contribution in [1.29, 1.82) is 0 Å². The molecular weight excluding hydrogens is 422 g/mol. The van der Waals surface area contributed by atoms with E-state index in [1.807, 2.05) is 43.7 Å². The normalized spacial score (nSPS) is 16.1. The number of nitrogens with zero attached hydrogens (tertiary/aromatic N) is 4. The highest BCUT2D eigenvalue weighted by Crippen LogP contribution is 2.33. The van der Waals surface area contributed by atoms with Crippen molar-refractivity contribution in [1.82, 2.24) is 19.7 Å². The van der Waals surface area contributed by atoms with E-state index in [0.29, 0.717) is 16.8 Å². The van der Waals surface area contributed by atoms with Crippen LogP contribution in [0.1, 0.15) is 17.5 Å². The molecule has 32 heavy (non-hydrogen) atoms. The molecule has 1 N–H and O–H groups in total. The third-order valence-electron chi connectivity index (χ3n) is 6.09. The van der Waals surface area contributed by atoms with Gasteiger partial charge in [-0.05, 0) is 48.7 Å². The molecule has 1 unspecified atom stereocenters. The SMILES string of the molecule is COc1cc(C)c(-c2cn3ccc(N4CCC(NCc5cccnc5)C4)cc3n2)cc1Cl. The molecule has 4 aromatic rings. The van der Waals surface area contributed by atoms with Crippen LogP contribution in [0.25, 0.3) is 16.9 Å². The molecule has 0 amide bonds. The number of methoxy groups -OCH3 is 1. The highest BCUT2D eigenvalue weighted by Gasteiger charge is 2.23. The second kappa shape index (κ2) is 8.81. The van der Waals surface area contributed by atoms with E-state index in [0.717, 1.165) is 48.5 Å². The van der Waals surface area contributed by atoms with Gasteiger partial charge in [-0.3, -0.25) is 4.98 Å². The summed E-state index contributed by atoms with van der Waals surface area (Å²) in [6.45, 7) is 4.91. The number of aromatic nitrogens is 3. The molecule has 1 aliphatic rings. The molecular formula is C25H26ClN5O. The van der Waals surface area contributed by atoms with Gasteiger partial charge in [0, 0.05) is 67.8 Å². The third kappa shape index (κ3) is 4.16. The highest BCUT2D eigenvalue weighted by molar-refractivity contribution is 6.32. The summed E-state index contributed by atoms with van der Waals surface area (Å²) in [6, 6.07) is 12.8. The average molecular weight is 448 g/mol. The number of imidazole rings is 1. The maximum Gasteiger partial charge on any atom is 0.139 e. The first-order valence-electron chi connectivity index (χ1n) is 10.8. The van der Waals surface area contributed by atoms with Crippen molar-refractivity contribution in [2.24, 2.45) is 0 Å². The van der Waals surface area contributed by atoms with Crippen LogP contribution in [-0.4, -0.2) is 40.6 Å². The van der Waals surface area contributed by atoms with Crippen molar-refractivity contribution >= 4 is 22.9 Å². The quantitative estimate of drug-likeness (QED) is 0.463. The molecule has 7 heteroatoms. The molecule has 0 bridgehead atoms. The number of ether oxygens (including phenoxy) is 1. The molecule has 0 radical (unpaired) electrons. The first-order valence-corrected chi connectivity index (χ1v) is 11.2. The lowest BCUT2D eigenvalue weighted by Gasteiger charge is -2.19. The summed E-state index contributed by atoms with van der Waals surface area (Å²) in [5.74, 6) is 0.680. The Morgan fingerprint density at radius 3 is 2.97 bits per heavy atom. The van der Waals surface area contributed by atoms with Crippen molar-refractivity contribution in [2.75, 3.05) is 25.1 Å². The lowest BCUT2D eigenvalue weighted by molar-refractivity contribution is 0.415.